The maximum atomic E-state index is 12.9. The summed E-state index contributed by atoms with van der Waals surface area (Å²) >= 11 is 0. The Balaban J connectivity index is 3.14. The summed E-state index contributed by atoms with van der Waals surface area (Å²) in [6, 6.07) is 5.69. The Kier molecular flexibility index (Phi) is 3.19. The number of rotatable bonds is 2. The van der Waals surface area contributed by atoms with E-state index in [1.807, 2.05) is 0 Å². The van der Waals surface area contributed by atoms with Crippen molar-refractivity contribution in [1.82, 2.24) is 0 Å². The van der Waals surface area contributed by atoms with Gasteiger partial charge < -0.3 is 5.11 Å². The summed E-state index contributed by atoms with van der Waals surface area (Å²) in [5, 5.41) is 17.1. The Morgan fingerprint density at radius 2 is 2.27 bits per heavy atom. The number of aliphatic carboxylic acids is 1. The maximum Gasteiger partial charge on any atom is 0.346 e. The fourth-order valence-corrected chi connectivity index (χ4v) is 1.07. The molecular weight excluding hydrogens is 197 g/mol. The van der Waals surface area contributed by atoms with Gasteiger partial charge in [0, 0.05) is 0 Å². The Morgan fingerprint density at radius 1 is 1.60 bits per heavy atom. The molecule has 15 heavy (non-hydrogen) atoms. The topological polar surface area (TPSA) is 61.1 Å². The van der Waals surface area contributed by atoms with Crippen LogP contribution in [0.5, 0.6) is 0 Å². The number of nitrogens with zero attached hydrogens (tertiary/aromatic N) is 1. The summed E-state index contributed by atoms with van der Waals surface area (Å²) in [6.07, 6.45) is 1.20. The van der Waals surface area contributed by atoms with Crippen molar-refractivity contribution >= 4 is 12.0 Å². The van der Waals surface area contributed by atoms with Crippen LogP contribution in [0.3, 0.4) is 0 Å². The molecule has 3 nitrogen and oxygen atoms in total. The largest absolute Gasteiger partial charge is 0.477 e. The monoisotopic (exact) mass is 205 g/mol. The molecule has 1 N–H and O–H groups in total. The van der Waals surface area contributed by atoms with Gasteiger partial charge in [0.25, 0.3) is 0 Å². The van der Waals surface area contributed by atoms with Crippen molar-refractivity contribution in [2.24, 2.45) is 0 Å². The molecule has 1 aromatic rings. The van der Waals surface area contributed by atoms with E-state index in [2.05, 4.69) is 0 Å². The molecule has 0 saturated carbocycles. The number of nitriles is 1. The minimum atomic E-state index is -1.29. The molecular formula is C11H8FNO2. The van der Waals surface area contributed by atoms with Gasteiger partial charge in [-0.1, -0.05) is 6.07 Å². The van der Waals surface area contributed by atoms with Crippen LogP contribution in [-0.2, 0) is 4.79 Å². The summed E-state index contributed by atoms with van der Waals surface area (Å²) in [6.45, 7) is 1.57. The third-order valence-corrected chi connectivity index (χ3v) is 1.84. The van der Waals surface area contributed by atoms with E-state index in [-0.39, 0.29) is 11.4 Å². The summed E-state index contributed by atoms with van der Waals surface area (Å²) < 4.78 is 12.9. The lowest BCUT2D eigenvalue weighted by Crippen LogP contribution is -1.97. The molecule has 0 fully saturated rings. The van der Waals surface area contributed by atoms with E-state index < -0.39 is 5.97 Å². The third kappa shape index (κ3) is 2.64. The zero-order chi connectivity index (χ0) is 11.4. The average molecular weight is 205 g/mol. The minimum absolute atomic E-state index is 0.360. The lowest BCUT2D eigenvalue weighted by molar-refractivity contribution is -0.132. The number of benzene rings is 1. The molecule has 1 aromatic carbocycles. The molecule has 0 radical (unpaired) electrons. The molecule has 0 amide bonds. The summed E-state index contributed by atoms with van der Waals surface area (Å²) in [4.78, 5) is 10.5. The van der Waals surface area contributed by atoms with E-state index in [4.69, 9.17) is 10.4 Å². The Bertz CT molecular complexity index is 472. The molecule has 0 aliphatic carbocycles. The predicted molar refractivity (Wildman–Crippen MR) is 52.4 cm³/mol. The Morgan fingerprint density at radius 3 is 2.73 bits per heavy atom. The molecule has 1 rings (SSSR count). The van der Waals surface area contributed by atoms with E-state index in [0.29, 0.717) is 11.1 Å². The molecule has 0 heterocycles. The van der Waals surface area contributed by atoms with Crippen molar-refractivity contribution in [2.75, 3.05) is 0 Å². The number of hydrogen-bond donors (Lipinski definition) is 1. The first-order chi connectivity index (χ1) is 7.04. The highest BCUT2D eigenvalue weighted by atomic mass is 19.1. The van der Waals surface area contributed by atoms with Gasteiger partial charge in [0.2, 0.25) is 0 Å². The minimum Gasteiger partial charge on any atom is -0.477 e. The number of carbonyl (C=O) groups is 1. The molecule has 76 valence electrons. The molecule has 0 unspecified atom stereocenters. The summed E-state index contributed by atoms with van der Waals surface area (Å²) in [5.74, 6) is -1.65. The highest BCUT2D eigenvalue weighted by Gasteiger charge is 2.06. The van der Waals surface area contributed by atoms with Crippen LogP contribution in [0.4, 0.5) is 4.39 Å². The van der Waals surface area contributed by atoms with E-state index >= 15 is 0 Å². The van der Waals surface area contributed by atoms with Crippen LogP contribution in [0, 0.1) is 24.1 Å². The van der Waals surface area contributed by atoms with Crippen molar-refractivity contribution in [3.05, 3.63) is 40.7 Å². The highest BCUT2D eigenvalue weighted by molar-refractivity contribution is 5.96. The summed E-state index contributed by atoms with van der Waals surface area (Å²) in [7, 11) is 0. The molecule has 0 saturated heterocycles. The van der Waals surface area contributed by atoms with Gasteiger partial charge in [-0.2, -0.15) is 5.26 Å². The Hall–Kier alpha value is -2.15. The molecule has 0 atom stereocenters. The van der Waals surface area contributed by atoms with Gasteiger partial charge in [-0.15, -0.1) is 0 Å². The van der Waals surface area contributed by atoms with Crippen LogP contribution >= 0.6 is 0 Å². The van der Waals surface area contributed by atoms with Gasteiger partial charge in [0.05, 0.1) is 0 Å². The van der Waals surface area contributed by atoms with Gasteiger partial charge >= 0.3 is 5.97 Å². The van der Waals surface area contributed by atoms with E-state index in [9.17, 15) is 9.18 Å². The first kappa shape index (κ1) is 10.9. The van der Waals surface area contributed by atoms with Crippen LogP contribution in [0.2, 0.25) is 0 Å². The van der Waals surface area contributed by atoms with Crippen molar-refractivity contribution in [3.63, 3.8) is 0 Å². The number of carboxylic acids is 1. The zero-order valence-corrected chi connectivity index (χ0v) is 7.99. The average Bonchev–Trinajstić information content (AvgIpc) is 2.19. The molecule has 0 aliphatic heterocycles. The summed E-state index contributed by atoms with van der Waals surface area (Å²) in [5.41, 5.74) is 0.528. The second-order valence-corrected chi connectivity index (χ2v) is 2.98. The van der Waals surface area contributed by atoms with Crippen LogP contribution in [0.1, 0.15) is 11.1 Å². The lowest BCUT2D eigenvalue weighted by Gasteiger charge is -1.98. The van der Waals surface area contributed by atoms with Crippen LogP contribution in [0.25, 0.3) is 6.08 Å². The van der Waals surface area contributed by atoms with Crippen LogP contribution in [-0.4, -0.2) is 11.1 Å². The van der Waals surface area contributed by atoms with Crippen molar-refractivity contribution in [3.8, 4) is 6.07 Å². The second-order valence-electron chi connectivity index (χ2n) is 2.98. The maximum absolute atomic E-state index is 12.9. The fourth-order valence-electron chi connectivity index (χ4n) is 1.07. The normalized spacial score (nSPS) is 10.9. The smallest absolute Gasteiger partial charge is 0.346 e. The van der Waals surface area contributed by atoms with Crippen molar-refractivity contribution in [2.45, 2.75) is 6.92 Å². The first-order valence-corrected chi connectivity index (χ1v) is 4.16. The quantitative estimate of drug-likeness (QED) is 0.594. The molecule has 0 aliphatic rings. The molecule has 0 aromatic heterocycles. The third-order valence-electron chi connectivity index (χ3n) is 1.84. The van der Waals surface area contributed by atoms with Crippen LogP contribution in [0.15, 0.2) is 23.8 Å². The number of hydrogen-bond acceptors (Lipinski definition) is 2. The number of halogens is 1. The standard InChI is InChI=1S/C11H8FNO2/c1-7-4-8(2-3-10(7)12)5-9(6-13)11(14)15/h2-5H,1H3,(H,14,15)/b9-5-. The fraction of sp³-hybridized carbons (Fsp3) is 0.0909. The van der Waals surface area contributed by atoms with Gasteiger partial charge in [0.1, 0.15) is 17.5 Å². The van der Waals surface area contributed by atoms with Crippen molar-refractivity contribution < 1.29 is 14.3 Å². The van der Waals surface area contributed by atoms with Crippen LogP contribution < -0.4 is 0 Å². The second kappa shape index (κ2) is 4.38. The predicted octanol–water partition coefficient (Wildman–Crippen LogP) is 2.13. The molecule has 0 bridgehead atoms. The zero-order valence-electron chi connectivity index (χ0n) is 7.99. The van der Waals surface area contributed by atoms with Gasteiger partial charge in [-0.3, -0.25) is 0 Å². The van der Waals surface area contributed by atoms with Gasteiger partial charge in [-0.25, -0.2) is 9.18 Å². The highest BCUT2D eigenvalue weighted by Crippen LogP contribution is 2.12. The first-order valence-electron chi connectivity index (χ1n) is 4.16. The lowest BCUT2D eigenvalue weighted by atomic mass is 10.1. The van der Waals surface area contributed by atoms with E-state index in [0.717, 1.165) is 0 Å². The number of carboxylic acid groups (broad SMARTS) is 1. The SMILES string of the molecule is Cc1cc(/C=C(/C#N)C(=O)O)ccc1F. The van der Waals surface area contributed by atoms with E-state index in [1.54, 1.807) is 13.0 Å². The molecule has 4 heteroatoms. The van der Waals surface area contributed by atoms with Gasteiger partial charge in [-0.05, 0) is 36.3 Å². The Labute approximate surface area is 86.1 Å². The number of aryl methyl sites for hydroxylation is 1. The van der Waals surface area contributed by atoms with Crippen molar-refractivity contribution in [1.29, 1.82) is 5.26 Å². The van der Waals surface area contributed by atoms with Gasteiger partial charge in [0.15, 0.2) is 0 Å². The molecule has 0 spiro atoms. The van der Waals surface area contributed by atoms with E-state index in [1.165, 1.54) is 24.3 Å².